The maximum absolute atomic E-state index is 13.1. The van der Waals surface area contributed by atoms with Crippen molar-refractivity contribution >= 4 is 49.0 Å². The fourth-order valence-electron chi connectivity index (χ4n) is 3.46. The van der Waals surface area contributed by atoms with Gasteiger partial charge in [0.15, 0.2) is 11.5 Å². The Hall–Kier alpha value is -2.97. The number of aryl methyl sites for hydroxylation is 2. The zero-order valence-corrected chi connectivity index (χ0v) is 21.5. The van der Waals surface area contributed by atoms with Gasteiger partial charge < -0.3 is 9.47 Å². The number of halogens is 2. The molecule has 0 spiro atoms. The van der Waals surface area contributed by atoms with Gasteiger partial charge in [0.25, 0.3) is 5.56 Å². The molecule has 0 saturated carbocycles. The zero-order chi connectivity index (χ0) is 23.5. The van der Waals surface area contributed by atoms with Crippen LogP contribution >= 0.6 is 31.9 Å². The number of fused-ring (bicyclic) bond motifs is 1. The standard InChI is InChI=1S/C25H21Br2N3O3/c1-15-5-4-6-17(9-15)14-33-24-18(10-20(27)12-23(24)32-3)13-28-30-16(2)29-22-8-7-19(26)11-21(22)25(30)31/h4-13H,14H2,1-3H3. The molecule has 0 saturated heterocycles. The summed E-state index contributed by atoms with van der Waals surface area (Å²) in [6, 6.07) is 17.2. The van der Waals surface area contributed by atoms with Gasteiger partial charge in [-0.25, -0.2) is 4.98 Å². The minimum atomic E-state index is -0.251. The van der Waals surface area contributed by atoms with E-state index in [1.54, 1.807) is 32.4 Å². The van der Waals surface area contributed by atoms with Crippen LogP contribution in [-0.4, -0.2) is 23.0 Å². The van der Waals surface area contributed by atoms with Crippen molar-refractivity contribution in [3.8, 4) is 11.5 Å². The van der Waals surface area contributed by atoms with Gasteiger partial charge in [0.1, 0.15) is 12.4 Å². The van der Waals surface area contributed by atoms with E-state index in [9.17, 15) is 4.79 Å². The van der Waals surface area contributed by atoms with Crippen LogP contribution in [0.5, 0.6) is 11.5 Å². The van der Waals surface area contributed by atoms with Crippen molar-refractivity contribution < 1.29 is 9.47 Å². The first kappa shape index (κ1) is 23.2. The average molecular weight is 571 g/mol. The fourth-order valence-corrected chi connectivity index (χ4v) is 4.28. The Kier molecular flexibility index (Phi) is 6.95. The maximum atomic E-state index is 13.1. The summed E-state index contributed by atoms with van der Waals surface area (Å²) in [6.45, 7) is 4.15. The number of rotatable bonds is 6. The third kappa shape index (κ3) is 5.17. The van der Waals surface area contributed by atoms with Crippen molar-refractivity contribution in [1.82, 2.24) is 9.66 Å². The van der Waals surface area contributed by atoms with E-state index < -0.39 is 0 Å². The number of benzene rings is 3. The van der Waals surface area contributed by atoms with E-state index in [1.165, 1.54) is 4.68 Å². The lowest BCUT2D eigenvalue weighted by Gasteiger charge is -2.14. The molecule has 168 valence electrons. The van der Waals surface area contributed by atoms with Crippen molar-refractivity contribution in [3.05, 3.63) is 96.4 Å². The quantitative estimate of drug-likeness (QED) is 0.266. The second-order valence-electron chi connectivity index (χ2n) is 7.49. The summed E-state index contributed by atoms with van der Waals surface area (Å²) in [5, 5.41) is 4.93. The molecule has 0 fully saturated rings. The van der Waals surface area contributed by atoms with Gasteiger partial charge in [-0.3, -0.25) is 4.79 Å². The lowest BCUT2D eigenvalue weighted by Crippen LogP contribution is -2.20. The van der Waals surface area contributed by atoms with Gasteiger partial charge in [-0.05, 0) is 49.7 Å². The summed E-state index contributed by atoms with van der Waals surface area (Å²) < 4.78 is 14.6. The highest BCUT2D eigenvalue weighted by atomic mass is 79.9. The third-order valence-corrected chi connectivity index (χ3v) is 5.97. The van der Waals surface area contributed by atoms with Crippen molar-refractivity contribution in [1.29, 1.82) is 0 Å². The Labute approximate surface area is 208 Å². The smallest absolute Gasteiger partial charge is 0.282 e. The molecule has 1 aromatic heterocycles. The molecule has 4 aromatic rings. The van der Waals surface area contributed by atoms with Crippen LogP contribution in [0.15, 0.2) is 73.4 Å². The van der Waals surface area contributed by atoms with E-state index in [-0.39, 0.29) is 5.56 Å². The van der Waals surface area contributed by atoms with E-state index >= 15 is 0 Å². The van der Waals surface area contributed by atoms with Crippen LogP contribution in [0.2, 0.25) is 0 Å². The lowest BCUT2D eigenvalue weighted by atomic mass is 10.1. The van der Waals surface area contributed by atoms with Crippen LogP contribution in [0.3, 0.4) is 0 Å². The Morgan fingerprint density at radius 3 is 2.64 bits per heavy atom. The predicted octanol–water partition coefficient (Wildman–Crippen LogP) is 6.01. The van der Waals surface area contributed by atoms with Crippen LogP contribution in [0.25, 0.3) is 10.9 Å². The molecule has 0 bridgehead atoms. The van der Waals surface area contributed by atoms with Gasteiger partial charge in [0.05, 0.1) is 24.2 Å². The maximum Gasteiger partial charge on any atom is 0.282 e. The van der Waals surface area contributed by atoms with Crippen LogP contribution < -0.4 is 15.0 Å². The van der Waals surface area contributed by atoms with E-state index in [2.05, 4.69) is 48.0 Å². The van der Waals surface area contributed by atoms with E-state index in [0.29, 0.717) is 40.4 Å². The molecular weight excluding hydrogens is 550 g/mol. The normalized spacial score (nSPS) is 11.3. The van der Waals surface area contributed by atoms with Gasteiger partial charge in [0, 0.05) is 14.5 Å². The van der Waals surface area contributed by atoms with Gasteiger partial charge >= 0.3 is 0 Å². The Bertz CT molecular complexity index is 1430. The molecule has 0 unspecified atom stereocenters. The first-order valence-electron chi connectivity index (χ1n) is 10.1. The highest BCUT2D eigenvalue weighted by Crippen LogP contribution is 2.34. The average Bonchev–Trinajstić information content (AvgIpc) is 2.78. The molecule has 3 aromatic carbocycles. The molecular formula is C25H21Br2N3O3. The van der Waals surface area contributed by atoms with Crippen molar-refractivity contribution in [2.75, 3.05) is 7.11 Å². The summed E-state index contributed by atoms with van der Waals surface area (Å²) in [7, 11) is 1.59. The first-order valence-corrected chi connectivity index (χ1v) is 11.7. The SMILES string of the molecule is COc1cc(Br)cc(C=Nn2c(C)nc3ccc(Br)cc3c2=O)c1OCc1cccc(C)c1. The number of hydrogen-bond donors (Lipinski definition) is 0. The van der Waals surface area contributed by atoms with E-state index in [0.717, 1.165) is 20.1 Å². The van der Waals surface area contributed by atoms with Gasteiger partial charge in [-0.2, -0.15) is 9.78 Å². The zero-order valence-electron chi connectivity index (χ0n) is 18.3. The molecule has 0 N–H and O–H groups in total. The summed E-state index contributed by atoms with van der Waals surface area (Å²) in [6.07, 6.45) is 1.58. The number of ether oxygens (including phenoxy) is 2. The summed E-state index contributed by atoms with van der Waals surface area (Å²) >= 11 is 6.92. The number of aromatic nitrogens is 2. The van der Waals surface area contributed by atoms with Crippen molar-refractivity contribution in [3.63, 3.8) is 0 Å². The van der Waals surface area contributed by atoms with E-state index in [4.69, 9.17) is 9.47 Å². The predicted molar refractivity (Wildman–Crippen MR) is 138 cm³/mol. The molecule has 4 rings (SSSR count). The molecule has 6 nitrogen and oxygen atoms in total. The van der Waals surface area contributed by atoms with E-state index in [1.807, 2.05) is 43.3 Å². The third-order valence-electron chi connectivity index (χ3n) is 5.02. The minimum Gasteiger partial charge on any atom is -0.493 e. The van der Waals surface area contributed by atoms with Crippen molar-refractivity contribution in [2.24, 2.45) is 5.10 Å². The molecule has 0 aliphatic rings. The minimum absolute atomic E-state index is 0.251. The van der Waals surface area contributed by atoms with Gasteiger partial charge in [0.2, 0.25) is 0 Å². The first-order chi connectivity index (χ1) is 15.9. The Morgan fingerprint density at radius 2 is 1.88 bits per heavy atom. The largest absolute Gasteiger partial charge is 0.493 e. The second kappa shape index (κ2) is 9.89. The monoisotopic (exact) mass is 569 g/mol. The number of nitrogens with zero attached hydrogens (tertiary/aromatic N) is 3. The number of methoxy groups -OCH3 is 1. The van der Waals surface area contributed by atoms with Crippen molar-refractivity contribution in [2.45, 2.75) is 20.5 Å². The summed E-state index contributed by atoms with van der Waals surface area (Å²) in [5.41, 5.74) is 3.23. The summed E-state index contributed by atoms with van der Waals surface area (Å²) in [5.74, 6) is 1.58. The second-order valence-corrected chi connectivity index (χ2v) is 9.32. The van der Waals surface area contributed by atoms with Crippen LogP contribution in [0, 0.1) is 13.8 Å². The molecule has 1 heterocycles. The molecule has 33 heavy (non-hydrogen) atoms. The fraction of sp³-hybridized carbons (Fsp3) is 0.160. The van der Waals surface area contributed by atoms with Crippen LogP contribution in [-0.2, 0) is 6.61 Å². The molecule has 0 atom stereocenters. The molecule has 0 radical (unpaired) electrons. The Balaban J connectivity index is 1.74. The van der Waals surface area contributed by atoms with Crippen LogP contribution in [0.4, 0.5) is 0 Å². The molecule has 0 amide bonds. The highest BCUT2D eigenvalue weighted by Gasteiger charge is 2.13. The topological polar surface area (TPSA) is 65.7 Å². The van der Waals surface area contributed by atoms with Gasteiger partial charge in [-0.1, -0.05) is 61.7 Å². The van der Waals surface area contributed by atoms with Crippen LogP contribution in [0.1, 0.15) is 22.5 Å². The molecule has 0 aliphatic carbocycles. The lowest BCUT2D eigenvalue weighted by molar-refractivity contribution is 0.284. The molecule has 0 aliphatic heterocycles. The Morgan fingerprint density at radius 1 is 1.06 bits per heavy atom. The summed E-state index contributed by atoms with van der Waals surface area (Å²) in [4.78, 5) is 17.6. The highest BCUT2D eigenvalue weighted by molar-refractivity contribution is 9.10. The number of hydrogen-bond acceptors (Lipinski definition) is 5. The van der Waals surface area contributed by atoms with Gasteiger partial charge in [-0.15, -0.1) is 0 Å². The molecule has 8 heteroatoms.